The molecular formula is C23H31NO4. The molecule has 0 unspecified atom stereocenters. The number of oxime groups is 1. The van der Waals surface area contributed by atoms with E-state index in [1.54, 1.807) is 0 Å². The molecule has 0 heterocycles. The van der Waals surface area contributed by atoms with Gasteiger partial charge in [0.2, 0.25) is 6.61 Å². The van der Waals surface area contributed by atoms with Crippen LogP contribution in [0, 0.1) is 40.9 Å². The zero-order valence-electron chi connectivity index (χ0n) is 16.9. The molecule has 3 fully saturated rings. The highest BCUT2D eigenvalue weighted by Gasteiger charge is 2.63. The van der Waals surface area contributed by atoms with E-state index in [2.05, 4.69) is 31.0 Å². The lowest BCUT2D eigenvalue weighted by atomic mass is 9.46. The number of terminal acetylenes is 1. The summed E-state index contributed by atoms with van der Waals surface area (Å²) in [6.07, 6.45) is 15.8. The first-order chi connectivity index (χ1) is 13.2. The first-order valence-corrected chi connectivity index (χ1v) is 10.6. The molecule has 6 atom stereocenters. The van der Waals surface area contributed by atoms with Crippen LogP contribution >= 0.6 is 0 Å². The summed E-state index contributed by atoms with van der Waals surface area (Å²) >= 11 is 0. The molecule has 2 N–H and O–H groups in total. The van der Waals surface area contributed by atoms with E-state index in [1.165, 1.54) is 5.57 Å². The Labute approximate surface area is 167 Å². The Morgan fingerprint density at radius 2 is 2.00 bits per heavy atom. The van der Waals surface area contributed by atoms with E-state index in [9.17, 15) is 9.90 Å². The summed E-state index contributed by atoms with van der Waals surface area (Å²) in [5, 5.41) is 23.8. The lowest BCUT2D eigenvalue weighted by molar-refractivity contribution is -0.142. The van der Waals surface area contributed by atoms with Gasteiger partial charge in [0.05, 0.1) is 5.71 Å². The fourth-order valence-electron chi connectivity index (χ4n) is 7.07. The van der Waals surface area contributed by atoms with Crippen molar-refractivity contribution in [3.05, 3.63) is 11.6 Å². The summed E-state index contributed by atoms with van der Waals surface area (Å²) in [5.74, 6) is 3.47. The van der Waals surface area contributed by atoms with Crippen LogP contribution in [0.2, 0.25) is 0 Å². The summed E-state index contributed by atoms with van der Waals surface area (Å²) in [6, 6.07) is 0. The van der Waals surface area contributed by atoms with Crippen LogP contribution in [0.4, 0.5) is 0 Å². The van der Waals surface area contributed by atoms with Gasteiger partial charge in [-0.15, -0.1) is 6.42 Å². The zero-order chi connectivity index (χ0) is 20.2. The van der Waals surface area contributed by atoms with Crippen molar-refractivity contribution in [3.63, 3.8) is 0 Å². The van der Waals surface area contributed by atoms with Crippen molar-refractivity contribution in [2.75, 3.05) is 6.61 Å². The van der Waals surface area contributed by atoms with E-state index in [0.717, 1.165) is 57.1 Å². The van der Waals surface area contributed by atoms with Gasteiger partial charge in [-0.1, -0.05) is 30.5 Å². The number of hydrogen-bond acceptors (Lipinski definition) is 4. The molecule has 4 rings (SSSR count). The van der Waals surface area contributed by atoms with Crippen LogP contribution in [0.5, 0.6) is 0 Å². The Balaban J connectivity index is 1.57. The third-order valence-electron chi connectivity index (χ3n) is 8.74. The van der Waals surface area contributed by atoms with Crippen LogP contribution in [0.15, 0.2) is 16.8 Å². The largest absolute Gasteiger partial charge is 0.479 e. The Bertz CT molecular complexity index is 780. The SMILES string of the molecule is C#C[C@@]1(O)CC[C@H]2[C@@H]3CCC4=C/C(=N\OCC(=O)O)CC[C@]4(C)[C@H]3CC[C@@]21C. The lowest BCUT2D eigenvalue weighted by Crippen LogP contribution is -2.54. The number of hydrogen-bond donors (Lipinski definition) is 2. The Hall–Kier alpha value is -1.80. The molecule has 0 amide bonds. The Morgan fingerprint density at radius 3 is 2.71 bits per heavy atom. The van der Waals surface area contributed by atoms with Crippen LogP contribution in [-0.2, 0) is 9.63 Å². The van der Waals surface area contributed by atoms with Gasteiger partial charge >= 0.3 is 5.97 Å². The van der Waals surface area contributed by atoms with Gasteiger partial charge in [-0.25, -0.2) is 4.79 Å². The fourth-order valence-corrected chi connectivity index (χ4v) is 7.07. The minimum atomic E-state index is -1.01. The van der Waals surface area contributed by atoms with Crippen LogP contribution in [0.25, 0.3) is 0 Å². The monoisotopic (exact) mass is 385 g/mol. The molecule has 152 valence electrons. The minimum absolute atomic E-state index is 0.160. The number of allylic oxidation sites excluding steroid dienone is 2. The number of fused-ring (bicyclic) bond motifs is 5. The molecular weight excluding hydrogens is 354 g/mol. The first-order valence-electron chi connectivity index (χ1n) is 10.6. The Morgan fingerprint density at radius 1 is 1.25 bits per heavy atom. The highest BCUT2D eigenvalue weighted by atomic mass is 16.6. The van der Waals surface area contributed by atoms with E-state index < -0.39 is 18.2 Å². The van der Waals surface area contributed by atoms with Crippen molar-refractivity contribution in [1.82, 2.24) is 0 Å². The van der Waals surface area contributed by atoms with E-state index in [0.29, 0.717) is 17.8 Å². The van der Waals surface area contributed by atoms with Crippen molar-refractivity contribution in [2.45, 2.75) is 70.8 Å². The molecule has 28 heavy (non-hydrogen) atoms. The second kappa shape index (κ2) is 6.62. The van der Waals surface area contributed by atoms with Crippen molar-refractivity contribution >= 4 is 11.7 Å². The van der Waals surface area contributed by atoms with Crippen molar-refractivity contribution in [2.24, 2.45) is 33.7 Å². The molecule has 0 radical (unpaired) electrons. The molecule has 5 nitrogen and oxygen atoms in total. The smallest absolute Gasteiger partial charge is 0.344 e. The van der Waals surface area contributed by atoms with Crippen LogP contribution in [0.1, 0.15) is 65.2 Å². The molecule has 5 heteroatoms. The number of rotatable bonds is 3. The average Bonchev–Trinajstić information content (AvgIpc) is 2.93. The van der Waals surface area contributed by atoms with Gasteiger partial charge in [-0.3, -0.25) is 0 Å². The van der Waals surface area contributed by atoms with Crippen molar-refractivity contribution in [1.29, 1.82) is 0 Å². The minimum Gasteiger partial charge on any atom is -0.479 e. The molecule has 0 aromatic heterocycles. The predicted octanol–water partition coefficient (Wildman–Crippen LogP) is 3.77. The third-order valence-corrected chi connectivity index (χ3v) is 8.74. The molecule has 0 bridgehead atoms. The lowest BCUT2D eigenvalue weighted by Gasteiger charge is -2.58. The number of aliphatic carboxylic acids is 1. The molecule has 4 aliphatic carbocycles. The third kappa shape index (κ3) is 2.72. The summed E-state index contributed by atoms with van der Waals surface area (Å²) in [7, 11) is 0. The fraction of sp³-hybridized carbons (Fsp3) is 0.739. The van der Waals surface area contributed by atoms with Gasteiger partial charge < -0.3 is 15.1 Å². The van der Waals surface area contributed by atoms with E-state index in [-0.39, 0.29) is 10.8 Å². The second-order valence-electron chi connectivity index (χ2n) is 9.75. The molecule has 0 aromatic rings. The summed E-state index contributed by atoms with van der Waals surface area (Å²) < 4.78 is 0. The van der Waals surface area contributed by atoms with Crippen molar-refractivity contribution in [3.8, 4) is 12.3 Å². The quantitative estimate of drug-likeness (QED) is 0.572. The van der Waals surface area contributed by atoms with Gasteiger partial charge in [0.25, 0.3) is 0 Å². The maximum atomic E-state index is 11.1. The number of carboxylic acids is 1. The van der Waals surface area contributed by atoms with E-state index >= 15 is 0 Å². The van der Waals surface area contributed by atoms with Crippen molar-refractivity contribution < 1.29 is 19.8 Å². The van der Waals surface area contributed by atoms with E-state index in [1.807, 2.05) is 0 Å². The number of nitrogens with zero attached hydrogens (tertiary/aromatic N) is 1. The van der Waals surface area contributed by atoms with Gasteiger partial charge in [-0.05, 0) is 80.6 Å². The molecule has 0 aromatic carbocycles. The van der Waals surface area contributed by atoms with Gasteiger partial charge in [0.1, 0.15) is 5.60 Å². The first kappa shape index (κ1) is 19.5. The molecule has 0 aliphatic heterocycles. The summed E-state index contributed by atoms with van der Waals surface area (Å²) in [4.78, 5) is 15.6. The average molecular weight is 386 g/mol. The van der Waals surface area contributed by atoms with Crippen LogP contribution in [0.3, 0.4) is 0 Å². The molecule has 3 saturated carbocycles. The van der Waals surface area contributed by atoms with Crippen LogP contribution < -0.4 is 0 Å². The predicted molar refractivity (Wildman–Crippen MR) is 107 cm³/mol. The maximum absolute atomic E-state index is 11.1. The maximum Gasteiger partial charge on any atom is 0.344 e. The normalized spacial score (nSPS) is 46.0. The topological polar surface area (TPSA) is 79.1 Å². The number of carbonyl (C=O) groups is 1. The Kier molecular flexibility index (Phi) is 4.62. The molecule has 4 aliphatic rings. The highest BCUT2D eigenvalue weighted by molar-refractivity contribution is 5.96. The zero-order valence-corrected chi connectivity index (χ0v) is 16.9. The number of carboxylic acid groups (broad SMARTS) is 1. The summed E-state index contributed by atoms with van der Waals surface area (Å²) in [6.45, 7) is 4.22. The standard InChI is InChI=1S/C23H31NO4/c1-4-23(27)12-9-19-17-6-5-15-13-16(24-28-14-20(25)26)7-10-21(15,2)18(17)8-11-22(19,23)3/h1,13,17-19,27H,5-12,14H2,2-3H3,(H,25,26)/b24-16-/t17-,18+,19+,21+,22+,23-/m1/s1. The molecule has 0 spiro atoms. The van der Waals surface area contributed by atoms with E-state index in [4.69, 9.17) is 16.4 Å². The second-order valence-corrected chi connectivity index (χ2v) is 9.75. The molecule has 0 saturated heterocycles. The van der Waals surface area contributed by atoms with Crippen LogP contribution in [-0.4, -0.2) is 34.1 Å². The van der Waals surface area contributed by atoms with Gasteiger partial charge in [0.15, 0.2) is 0 Å². The highest BCUT2D eigenvalue weighted by Crippen LogP contribution is 2.67. The van der Waals surface area contributed by atoms with Gasteiger partial charge in [-0.2, -0.15) is 0 Å². The summed E-state index contributed by atoms with van der Waals surface area (Å²) in [5.41, 5.74) is 1.34. The van der Waals surface area contributed by atoms with Gasteiger partial charge in [0, 0.05) is 5.41 Å². The number of aliphatic hydroxyl groups is 1.